The van der Waals surface area contributed by atoms with Crippen LogP contribution in [0, 0.1) is 16.7 Å². The fourth-order valence-electron chi connectivity index (χ4n) is 3.18. The molecule has 0 saturated heterocycles. The molecule has 4 heteroatoms. The molecule has 0 saturated carbocycles. The van der Waals surface area contributed by atoms with E-state index in [1.165, 1.54) is 0 Å². The van der Waals surface area contributed by atoms with E-state index in [4.69, 9.17) is 0 Å². The molecular weight excluding hydrogens is 363 g/mol. The molecule has 0 aromatic heterocycles. The highest BCUT2D eigenvalue weighted by Crippen LogP contribution is 2.46. The minimum absolute atomic E-state index is 0.498. The normalized spacial score (nSPS) is 14.4. The second-order valence-electron chi connectivity index (χ2n) is 6.85. The van der Waals surface area contributed by atoms with Crippen LogP contribution in [0.5, 0.6) is 0 Å². The van der Waals surface area contributed by atoms with E-state index < -0.39 is 18.7 Å². The van der Waals surface area contributed by atoms with Gasteiger partial charge in [0.15, 0.2) is 0 Å². The average molecular weight is 386 g/mol. The summed E-state index contributed by atoms with van der Waals surface area (Å²) in [4.78, 5) is 0. The van der Waals surface area contributed by atoms with Crippen LogP contribution in [0.4, 0.5) is 0 Å². The first-order chi connectivity index (χ1) is 13.5. The third kappa shape index (κ3) is 3.85. The highest BCUT2D eigenvalue weighted by Gasteiger charge is 2.39. The Hall–Kier alpha value is -2.92. The lowest BCUT2D eigenvalue weighted by molar-refractivity contribution is 0.414. The number of benzene rings is 3. The summed E-state index contributed by atoms with van der Waals surface area (Å²) >= 11 is 0. The summed E-state index contributed by atoms with van der Waals surface area (Å²) in [5.74, 6) is 0. The quantitative estimate of drug-likeness (QED) is 0.461. The fraction of sp³-hybridized carbons (Fsp3) is 0.125. The number of rotatable bonds is 7. The monoisotopic (exact) mass is 386 g/mol. The molecule has 0 spiro atoms. The van der Waals surface area contributed by atoms with Crippen LogP contribution in [0.1, 0.15) is 18.5 Å². The van der Waals surface area contributed by atoms with Gasteiger partial charge in [0.2, 0.25) is 7.29 Å². The van der Waals surface area contributed by atoms with E-state index in [0.29, 0.717) is 10.6 Å². The van der Waals surface area contributed by atoms with Gasteiger partial charge in [-0.1, -0.05) is 72.8 Å². The van der Waals surface area contributed by atoms with Crippen molar-refractivity contribution in [1.29, 1.82) is 5.26 Å². The molecule has 0 heterocycles. The van der Waals surface area contributed by atoms with Crippen LogP contribution in [0.15, 0.2) is 104 Å². The molecule has 28 heavy (non-hydrogen) atoms. The molecule has 140 valence electrons. The minimum atomic E-state index is -3.22. The maximum absolute atomic E-state index is 14.4. The molecule has 3 aromatic carbocycles. The number of nitrogens with one attached hydrogen (secondary N) is 1. The fourth-order valence-corrected chi connectivity index (χ4v) is 5.75. The largest absolute Gasteiger partial charge is 0.297 e. The van der Waals surface area contributed by atoms with Crippen LogP contribution >= 0.6 is 7.29 Å². The van der Waals surface area contributed by atoms with Gasteiger partial charge in [0, 0.05) is 10.6 Å². The van der Waals surface area contributed by atoms with Gasteiger partial charge >= 0.3 is 0 Å². The second-order valence-corrected chi connectivity index (χ2v) is 9.36. The first-order valence-corrected chi connectivity index (χ1v) is 10.8. The molecule has 0 aliphatic heterocycles. The van der Waals surface area contributed by atoms with Crippen molar-refractivity contribution in [3.63, 3.8) is 0 Å². The van der Waals surface area contributed by atoms with Crippen molar-refractivity contribution >= 4 is 17.9 Å². The number of hydrogen-bond acceptors (Lipinski definition) is 2. The Kier molecular flexibility index (Phi) is 5.95. The Morgan fingerprint density at radius 1 is 0.929 bits per heavy atom. The topological polar surface area (TPSA) is 52.9 Å². The van der Waals surface area contributed by atoms with Crippen LogP contribution in [0.3, 0.4) is 0 Å². The Morgan fingerprint density at radius 3 is 1.75 bits per heavy atom. The zero-order chi connectivity index (χ0) is 20.0. The molecule has 3 aromatic rings. The van der Waals surface area contributed by atoms with Gasteiger partial charge in [-0.05, 0) is 36.8 Å². The van der Waals surface area contributed by atoms with Gasteiger partial charge < -0.3 is 0 Å². The van der Waals surface area contributed by atoms with Crippen LogP contribution in [-0.4, -0.2) is 0 Å². The molecule has 0 radical (unpaired) electrons. The predicted octanol–water partition coefficient (Wildman–Crippen LogP) is 4.96. The van der Waals surface area contributed by atoms with Crippen LogP contribution < -0.4 is 15.7 Å². The third-order valence-corrected chi connectivity index (χ3v) is 7.62. The Bertz CT molecular complexity index is 969. The molecule has 0 aliphatic carbocycles. The van der Waals surface area contributed by atoms with Crippen LogP contribution in [0.2, 0.25) is 0 Å². The van der Waals surface area contributed by atoms with Gasteiger partial charge in [-0.2, -0.15) is 5.26 Å². The highest BCUT2D eigenvalue weighted by molar-refractivity contribution is 7.76. The van der Waals surface area contributed by atoms with Crippen molar-refractivity contribution in [2.24, 2.45) is 5.41 Å². The molecule has 0 unspecified atom stereocenters. The van der Waals surface area contributed by atoms with Gasteiger partial charge in [-0.15, -0.1) is 6.58 Å². The minimum Gasteiger partial charge on any atom is -0.297 e. The van der Waals surface area contributed by atoms with Gasteiger partial charge in [0.05, 0.1) is 17.5 Å². The lowest BCUT2D eigenvalue weighted by Crippen LogP contribution is -2.37. The first kappa shape index (κ1) is 19.8. The molecule has 3 nitrogen and oxygen atoms in total. The van der Waals surface area contributed by atoms with Crippen molar-refractivity contribution in [3.8, 4) is 6.07 Å². The van der Waals surface area contributed by atoms with E-state index in [1.54, 1.807) is 6.08 Å². The van der Waals surface area contributed by atoms with Crippen molar-refractivity contribution in [3.05, 3.63) is 109 Å². The second kappa shape index (κ2) is 8.40. The summed E-state index contributed by atoms with van der Waals surface area (Å²) in [6, 6.07) is 30.2. The Labute approximate surface area is 166 Å². The molecule has 0 amide bonds. The van der Waals surface area contributed by atoms with E-state index in [-0.39, 0.29) is 0 Å². The highest BCUT2D eigenvalue weighted by atomic mass is 31.2. The first-order valence-electron chi connectivity index (χ1n) is 9.12. The van der Waals surface area contributed by atoms with Gasteiger partial charge in [0.1, 0.15) is 0 Å². The van der Waals surface area contributed by atoms with E-state index in [2.05, 4.69) is 17.7 Å². The van der Waals surface area contributed by atoms with Gasteiger partial charge in [0.25, 0.3) is 0 Å². The van der Waals surface area contributed by atoms with Crippen molar-refractivity contribution in [2.75, 3.05) is 0 Å². The Morgan fingerprint density at radius 2 is 1.36 bits per heavy atom. The lowest BCUT2D eigenvalue weighted by Gasteiger charge is -2.34. The molecule has 1 N–H and O–H groups in total. The van der Waals surface area contributed by atoms with E-state index >= 15 is 0 Å². The molecule has 2 atom stereocenters. The molecule has 3 rings (SSSR count). The summed E-state index contributed by atoms with van der Waals surface area (Å²) in [5.41, 5.74) is -0.0563. The van der Waals surface area contributed by atoms with Gasteiger partial charge in [-0.25, -0.2) is 0 Å². The number of nitriles is 1. The van der Waals surface area contributed by atoms with Crippen molar-refractivity contribution in [2.45, 2.75) is 13.0 Å². The maximum atomic E-state index is 14.4. The van der Waals surface area contributed by atoms with Crippen LogP contribution in [-0.2, 0) is 4.57 Å². The maximum Gasteiger partial charge on any atom is 0.205 e. The molecule has 0 aliphatic rings. The van der Waals surface area contributed by atoms with E-state index in [9.17, 15) is 9.83 Å². The van der Waals surface area contributed by atoms with Gasteiger partial charge in [-0.3, -0.25) is 9.65 Å². The SMILES string of the molecule is C=C[C@@](C)(C#N)[C@H](NP(=O)(c1ccccc1)c1ccccc1)c1ccccc1. The van der Waals surface area contributed by atoms with Crippen molar-refractivity contribution < 1.29 is 4.57 Å². The summed E-state index contributed by atoms with van der Waals surface area (Å²) in [6.45, 7) is 5.68. The van der Waals surface area contributed by atoms with Crippen molar-refractivity contribution in [1.82, 2.24) is 5.09 Å². The standard InChI is InChI=1S/C24H23N2OP/c1-3-24(2,19-25)23(20-13-7-4-8-14-20)26-28(27,21-15-9-5-10-16-21)22-17-11-6-12-18-22/h3-18,23H,1H2,2H3,(H,26,27)/t23-,24+/m1/s1. The van der Waals surface area contributed by atoms with E-state index in [0.717, 1.165) is 5.56 Å². The number of hydrogen-bond donors (Lipinski definition) is 1. The number of nitrogens with zero attached hydrogens (tertiary/aromatic N) is 1. The van der Waals surface area contributed by atoms with E-state index in [1.807, 2.05) is 97.9 Å². The molecule has 0 fully saturated rings. The summed E-state index contributed by atoms with van der Waals surface area (Å²) in [7, 11) is -3.22. The zero-order valence-corrected chi connectivity index (χ0v) is 16.7. The predicted molar refractivity (Wildman–Crippen MR) is 116 cm³/mol. The molecular formula is C24H23N2OP. The summed E-state index contributed by atoms with van der Waals surface area (Å²) in [5, 5.41) is 14.7. The lowest BCUT2D eigenvalue weighted by atomic mass is 9.81. The summed E-state index contributed by atoms with van der Waals surface area (Å²) in [6.07, 6.45) is 1.62. The Balaban J connectivity index is 2.18. The third-order valence-electron chi connectivity index (χ3n) is 4.95. The zero-order valence-electron chi connectivity index (χ0n) is 15.8. The summed E-state index contributed by atoms with van der Waals surface area (Å²) < 4.78 is 14.4. The van der Waals surface area contributed by atoms with Crippen LogP contribution in [0.25, 0.3) is 0 Å². The average Bonchev–Trinajstić information content (AvgIpc) is 2.78. The smallest absolute Gasteiger partial charge is 0.205 e. The molecule has 0 bridgehead atoms.